The summed E-state index contributed by atoms with van der Waals surface area (Å²) < 4.78 is 162. The Morgan fingerprint density at radius 3 is 1.66 bits per heavy atom. The van der Waals surface area contributed by atoms with Gasteiger partial charge in [-0.25, -0.2) is 4.98 Å². The molecule has 3 nitrogen and oxygen atoms in total. The maximum Gasteiger partial charge on any atom is 0.393 e. The summed E-state index contributed by atoms with van der Waals surface area (Å²) in [5.74, 6) is -37.9. The van der Waals surface area contributed by atoms with E-state index in [9.17, 15) is 57.5 Å². The van der Waals surface area contributed by atoms with Gasteiger partial charge in [0.25, 0.3) is 5.56 Å². The summed E-state index contributed by atoms with van der Waals surface area (Å²) in [6, 6.07) is 5.57. The second-order valence-corrected chi connectivity index (χ2v) is 6.69. The second kappa shape index (κ2) is 7.56. The maximum absolute atomic E-state index is 14.3. The number of hydrogen-bond donors (Lipinski definition) is 1. The van der Waals surface area contributed by atoms with Gasteiger partial charge in [-0.2, -0.15) is 52.7 Å². The molecule has 2 aromatic rings. The van der Waals surface area contributed by atoms with Crippen molar-refractivity contribution in [1.82, 2.24) is 9.97 Å². The lowest BCUT2D eigenvalue weighted by atomic mass is 9.92. The lowest BCUT2D eigenvalue weighted by molar-refractivity contribution is -0.419. The first-order valence-corrected chi connectivity index (χ1v) is 8.22. The van der Waals surface area contributed by atoms with Gasteiger partial charge in [0, 0.05) is 11.6 Å². The van der Waals surface area contributed by atoms with E-state index in [1.54, 1.807) is 4.98 Å². The van der Waals surface area contributed by atoms with Crippen LogP contribution in [0.3, 0.4) is 0 Å². The molecule has 0 spiro atoms. The number of alkyl halides is 13. The summed E-state index contributed by atoms with van der Waals surface area (Å²) in [7, 11) is 0. The van der Waals surface area contributed by atoms with Gasteiger partial charge in [0.05, 0.1) is 0 Å². The fourth-order valence-corrected chi connectivity index (χ4v) is 2.40. The van der Waals surface area contributed by atoms with Gasteiger partial charge in [-0.05, 0) is 11.6 Å². The SMILES string of the molecule is O=c1cc(C(F)(F)C(F)(F)C(F)(F)C(F)(F)C(F)(F)C(F)(F)Cl)nc(-c2ccccc2)[nH]1. The van der Waals surface area contributed by atoms with Gasteiger partial charge in [-0.1, -0.05) is 30.3 Å². The molecular formula is C16H7ClF12N2O. The van der Waals surface area contributed by atoms with E-state index in [4.69, 9.17) is 0 Å². The first-order chi connectivity index (χ1) is 14.2. The van der Waals surface area contributed by atoms with Crippen LogP contribution in [-0.4, -0.2) is 39.0 Å². The zero-order chi connectivity index (χ0) is 25.0. The molecule has 1 aromatic carbocycles. The highest BCUT2D eigenvalue weighted by Gasteiger charge is 2.90. The third kappa shape index (κ3) is 3.69. The summed E-state index contributed by atoms with van der Waals surface area (Å²) in [5, 5.41) is -6.53. The molecule has 178 valence electrons. The molecule has 1 N–H and O–H groups in total. The van der Waals surface area contributed by atoms with Gasteiger partial charge in [0.15, 0.2) is 0 Å². The van der Waals surface area contributed by atoms with E-state index in [1.165, 1.54) is 18.2 Å². The number of nitrogens with one attached hydrogen (secondary N) is 1. The first kappa shape index (κ1) is 25.8. The van der Waals surface area contributed by atoms with E-state index in [2.05, 4.69) is 16.6 Å². The predicted octanol–water partition coefficient (Wildman–Crippen LogP) is 5.90. The van der Waals surface area contributed by atoms with Crippen LogP contribution in [0.5, 0.6) is 0 Å². The highest BCUT2D eigenvalue weighted by Crippen LogP contribution is 2.62. The molecule has 0 atom stereocenters. The largest absolute Gasteiger partial charge is 0.393 e. The van der Waals surface area contributed by atoms with Gasteiger partial charge in [0.1, 0.15) is 11.5 Å². The molecule has 0 aliphatic heterocycles. The quantitative estimate of drug-likeness (QED) is 0.375. The van der Waals surface area contributed by atoms with E-state index in [0.29, 0.717) is 0 Å². The third-order valence-electron chi connectivity index (χ3n) is 4.04. The van der Waals surface area contributed by atoms with Crippen LogP contribution < -0.4 is 5.56 Å². The summed E-state index contributed by atoms with van der Waals surface area (Å²) in [4.78, 5) is 16.2. The van der Waals surface area contributed by atoms with E-state index < -0.39 is 58.1 Å². The van der Waals surface area contributed by atoms with Gasteiger partial charge >= 0.3 is 35.0 Å². The fourth-order valence-electron chi connectivity index (χ4n) is 2.28. The standard InChI is InChI=1S/C16H7ClF12N2O/c17-16(28,29)15(26,27)14(24,25)13(22,23)12(20,21)11(18,19)8-6-9(32)31-10(30-8)7-4-2-1-3-5-7/h1-6H,(H,30,31,32). The van der Waals surface area contributed by atoms with Gasteiger partial charge in [-0.15, -0.1) is 0 Å². The van der Waals surface area contributed by atoms with Crippen molar-refractivity contribution in [2.75, 3.05) is 0 Å². The van der Waals surface area contributed by atoms with Crippen LogP contribution in [0.15, 0.2) is 41.2 Å². The number of rotatable bonds is 7. The molecule has 0 radical (unpaired) electrons. The minimum absolute atomic E-state index is 0.226. The van der Waals surface area contributed by atoms with Crippen LogP contribution in [0.2, 0.25) is 0 Å². The van der Waals surface area contributed by atoms with Crippen molar-refractivity contribution in [2.45, 2.75) is 35.0 Å². The highest BCUT2D eigenvalue weighted by molar-refractivity contribution is 6.22. The van der Waals surface area contributed by atoms with Crippen LogP contribution in [0.4, 0.5) is 52.7 Å². The van der Waals surface area contributed by atoms with Crippen molar-refractivity contribution in [3.8, 4) is 11.4 Å². The summed E-state index contributed by atoms with van der Waals surface area (Å²) in [6.45, 7) is 0. The van der Waals surface area contributed by atoms with Crippen molar-refractivity contribution in [1.29, 1.82) is 0 Å². The Morgan fingerprint density at radius 2 is 1.19 bits per heavy atom. The van der Waals surface area contributed by atoms with Crippen LogP contribution >= 0.6 is 11.6 Å². The monoisotopic (exact) mass is 506 g/mol. The maximum atomic E-state index is 14.3. The molecule has 1 aromatic heterocycles. The Labute approximate surface area is 174 Å². The van der Waals surface area contributed by atoms with Gasteiger partial charge in [-0.3, -0.25) is 4.79 Å². The number of aromatic amines is 1. The molecule has 0 fully saturated rings. The number of H-pyrrole nitrogens is 1. The lowest BCUT2D eigenvalue weighted by Crippen LogP contribution is -2.69. The molecule has 32 heavy (non-hydrogen) atoms. The minimum atomic E-state index is -7.82. The van der Waals surface area contributed by atoms with E-state index >= 15 is 0 Å². The van der Waals surface area contributed by atoms with Gasteiger partial charge in [0.2, 0.25) is 0 Å². The Hall–Kier alpha value is -2.45. The number of benzene rings is 1. The van der Waals surface area contributed by atoms with Crippen molar-refractivity contribution >= 4 is 11.6 Å². The van der Waals surface area contributed by atoms with Gasteiger partial charge < -0.3 is 4.98 Å². The molecule has 0 saturated carbocycles. The topological polar surface area (TPSA) is 45.8 Å². The minimum Gasteiger partial charge on any atom is -0.307 e. The molecule has 0 amide bonds. The van der Waals surface area contributed by atoms with E-state index in [-0.39, 0.29) is 5.56 Å². The molecule has 0 aliphatic rings. The summed E-state index contributed by atoms with van der Waals surface area (Å²) in [5.41, 5.74) is -4.39. The molecule has 0 unspecified atom stereocenters. The molecule has 0 aliphatic carbocycles. The smallest absolute Gasteiger partial charge is 0.307 e. The number of halogens is 13. The number of hydrogen-bond acceptors (Lipinski definition) is 2. The highest BCUT2D eigenvalue weighted by atomic mass is 35.5. The molecule has 0 saturated heterocycles. The average molecular weight is 507 g/mol. The predicted molar refractivity (Wildman–Crippen MR) is 84.8 cm³/mol. The van der Waals surface area contributed by atoms with Crippen LogP contribution in [-0.2, 0) is 5.92 Å². The van der Waals surface area contributed by atoms with Crippen LogP contribution in [0.25, 0.3) is 11.4 Å². The Morgan fingerprint density at radius 1 is 0.719 bits per heavy atom. The Balaban J connectivity index is 2.67. The second-order valence-electron chi connectivity index (χ2n) is 6.21. The zero-order valence-corrected chi connectivity index (χ0v) is 15.5. The Kier molecular flexibility index (Phi) is 6.09. The summed E-state index contributed by atoms with van der Waals surface area (Å²) >= 11 is 3.62. The molecule has 2 rings (SSSR count). The molecule has 1 heterocycles. The van der Waals surface area contributed by atoms with E-state index in [0.717, 1.165) is 12.1 Å². The summed E-state index contributed by atoms with van der Waals surface area (Å²) in [6.07, 6.45) is 0. The first-order valence-electron chi connectivity index (χ1n) is 7.85. The van der Waals surface area contributed by atoms with E-state index in [1.807, 2.05) is 0 Å². The zero-order valence-electron chi connectivity index (χ0n) is 14.7. The van der Waals surface area contributed by atoms with Crippen molar-refractivity contribution in [2.24, 2.45) is 0 Å². The molecule has 0 bridgehead atoms. The van der Waals surface area contributed by atoms with Crippen LogP contribution in [0.1, 0.15) is 5.69 Å². The fraction of sp³-hybridized carbons (Fsp3) is 0.375. The third-order valence-corrected chi connectivity index (χ3v) is 4.28. The molecular weight excluding hydrogens is 500 g/mol. The van der Waals surface area contributed by atoms with Crippen molar-refractivity contribution < 1.29 is 52.7 Å². The van der Waals surface area contributed by atoms with Crippen molar-refractivity contribution in [3.63, 3.8) is 0 Å². The van der Waals surface area contributed by atoms with Crippen molar-refractivity contribution in [3.05, 3.63) is 52.4 Å². The number of nitrogens with zero attached hydrogens (tertiary/aromatic N) is 1. The lowest BCUT2D eigenvalue weighted by Gasteiger charge is -2.39. The van der Waals surface area contributed by atoms with Crippen LogP contribution in [0, 0.1) is 0 Å². The Bertz CT molecular complexity index is 1030. The average Bonchev–Trinajstić information content (AvgIpc) is 2.66. The molecule has 16 heteroatoms. The number of aromatic nitrogens is 2. The normalized spacial score (nSPS) is 14.5.